The van der Waals surface area contributed by atoms with E-state index >= 15 is 0 Å². The van der Waals surface area contributed by atoms with Crippen LogP contribution in [-0.2, 0) is 5.75 Å². The number of nitrogens with two attached hydrogens (primary N) is 1. The van der Waals surface area contributed by atoms with Gasteiger partial charge in [-0.3, -0.25) is 0 Å². The Bertz CT molecular complexity index is 383. The number of hydrogen-bond donors (Lipinski definition) is 1. The predicted octanol–water partition coefficient (Wildman–Crippen LogP) is 3.47. The van der Waals surface area contributed by atoms with Gasteiger partial charge in [0.25, 0.3) is 0 Å². The van der Waals surface area contributed by atoms with Crippen LogP contribution in [0.25, 0.3) is 0 Å². The van der Waals surface area contributed by atoms with Crippen molar-refractivity contribution in [1.29, 1.82) is 0 Å². The van der Waals surface area contributed by atoms with Gasteiger partial charge in [-0.25, -0.2) is 4.39 Å². The van der Waals surface area contributed by atoms with Crippen LogP contribution in [0.3, 0.4) is 0 Å². The zero-order chi connectivity index (χ0) is 11.0. The van der Waals surface area contributed by atoms with Gasteiger partial charge in [-0.15, -0.1) is 0 Å². The van der Waals surface area contributed by atoms with Crippen molar-refractivity contribution in [3.05, 3.63) is 33.5 Å². The maximum atomic E-state index is 13.6. The second-order valence-corrected chi connectivity index (χ2v) is 5.82. The fourth-order valence-electron chi connectivity index (χ4n) is 1.85. The Morgan fingerprint density at radius 3 is 3.00 bits per heavy atom. The molecular formula is C11H13BrFNS. The van der Waals surface area contributed by atoms with Gasteiger partial charge in [0.05, 0.1) is 0 Å². The monoisotopic (exact) mass is 289 g/mol. The lowest BCUT2D eigenvalue weighted by atomic mass is 9.93. The predicted molar refractivity (Wildman–Crippen MR) is 66.4 cm³/mol. The molecule has 0 spiro atoms. The Morgan fingerprint density at radius 1 is 1.53 bits per heavy atom. The largest absolute Gasteiger partial charge is 0.324 e. The highest BCUT2D eigenvalue weighted by atomic mass is 79.9. The maximum Gasteiger partial charge on any atom is 0.127 e. The van der Waals surface area contributed by atoms with Crippen molar-refractivity contribution in [2.45, 2.75) is 18.7 Å². The molecule has 0 aliphatic carbocycles. The van der Waals surface area contributed by atoms with Crippen LogP contribution >= 0.6 is 27.7 Å². The molecule has 15 heavy (non-hydrogen) atoms. The summed E-state index contributed by atoms with van der Waals surface area (Å²) in [6.07, 6.45) is 0. The van der Waals surface area contributed by atoms with Crippen LogP contribution in [0.15, 0.2) is 16.6 Å². The fourth-order valence-corrected chi connectivity index (χ4v) is 3.68. The minimum Gasteiger partial charge on any atom is -0.324 e. The van der Waals surface area contributed by atoms with Crippen LogP contribution in [0.4, 0.5) is 4.39 Å². The van der Waals surface area contributed by atoms with Gasteiger partial charge in [-0.05, 0) is 29.4 Å². The Morgan fingerprint density at radius 2 is 2.27 bits per heavy atom. The number of benzene rings is 1. The van der Waals surface area contributed by atoms with Gasteiger partial charge >= 0.3 is 0 Å². The molecule has 0 bridgehead atoms. The van der Waals surface area contributed by atoms with Gasteiger partial charge in [0.1, 0.15) is 5.82 Å². The average molecular weight is 290 g/mol. The Balaban J connectivity index is 2.57. The molecule has 0 saturated heterocycles. The summed E-state index contributed by atoms with van der Waals surface area (Å²) >= 11 is 5.22. The van der Waals surface area contributed by atoms with Gasteiger partial charge in [0, 0.05) is 21.8 Å². The van der Waals surface area contributed by atoms with Gasteiger partial charge in [-0.1, -0.05) is 22.9 Å². The third-order valence-corrected chi connectivity index (χ3v) is 4.77. The van der Waals surface area contributed by atoms with Crippen molar-refractivity contribution in [1.82, 2.24) is 0 Å². The molecule has 1 aliphatic rings. The first-order valence-electron chi connectivity index (χ1n) is 4.91. The number of fused-ring (bicyclic) bond motifs is 1. The quantitative estimate of drug-likeness (QED) is 0.791. The molecule has 1 nitrogen and oxygen atoms in total. The van der Waals surface area contributed by atoms with Gasteiger partial charge < -0.3 is 5.73 Å². The van der Waals surface area contributed by atoms with E-state index in [1.165, 1.54) is 6.07 Å². The van der Waals surface area contributed by atoms with Crippen LogP contribution in [-0.4, -0.2) is 5.75 Å². The summed E-state index contributed by atoms with van der Waals surface area (Å²) in [4.78, 5) is 0. The zero-order valence-electron chi connectivity index (χ0n) is 8.47. The maximum absolute atomic E-state index is 13.6. The van der Waals surface area contributed by atoms with E-state index in [1.807, 2.05) is 0 Å². The molecule has 2 unspecified atom stereocenters. The summed E-state index contributed by atoms with van der Waals surface area (Å²) in [5, 5.41) is 0. The molecular weight excluding hydrogens is 277 g/mol. The molecule has 4 heteroatoms. The van der Waals surface area contributed by atoms with Gasteiger partial charge in [0.15, 0.2) is 0 Å². The molecule has 0 fully saturated rings. The zero-order valence-corrected chi connectivity index (χ0v) is 10.9. The molecule has 1 aromatic carbocycles. The average Bonchev–Trinajstić information content (AvgIpc) is 2.35. The highest BCUT2D eigenvalue weighted by molar-refractivity contribution is 9.10. The van der Waals surface area contributed by atoms with Crippen LogP contribution in [0, 0.1) is 11.7 Å². The second kappa shape index (κ2) is 4.44. The molecule has 0 saturated carbocycles. The first kappa shape index (κ1) is 11.4. The lowest BCUT2D eigenvalue weighted by Crippen LogP contribution is -2.21. The van der Waals surface area contributed by atoms with Crippen molar-refractivity contribution in [3.8, 4) is 0 Å². The topological polar surface area (TPSA) is 26.0 Å². The number of halogens is 2. The summed E-state index contributed by atoms with van der Waals surface area (Å²) in [6.45, 7) is 2.12. The Kier molecular flexibility index (Phi) is 3.38. The number of hydrogen-bond acceptors (Lipinski definition) is 2. The molecule has 2 N–H and O–H groups in total. The molecule has 1 aliphatic heterocycles. The summed E-state index contributed by atoms with van der Waals surface area (Å²) < 4.78 is 14.6. The molecule has 2 rings (SSSR count). The van der Waals surface area contributed by atoms with E-state index in [0.717, 1.165) is 27.1 Å². The van der Waals surface area contributed by atoms with Crippen LogP contribution in [0.5, 0.6) is 0 Å². The summed E-state index contributed by atoms with van der Waals surface area (Å²) in [7, 11) is 0. The van der Waals surface area contributed by atoms with Gasteiger partial charge in [0.2, 0.25) is 0 Å². The van der Waals surface area contributed by atoms with Crippen molar-refractivity contribution in [2.24, 2.45) is 11.7 Å². The van der Waals surface area contributed by atoms with E-state index in [1.54, 1.807) is 17.8 Å². The third-order valence-electron chi connectivity index (χ3n) is 2.82. The molecule has 1 aromatic rings. The first-order chi connectivity index (χ1) is 7.11. The summed E-state index contributed by atoms with van der Waals surface area (Å²) in [6, 6.07) is 3.18. The van der Waals surface area contributed by atoms with Crippen molar-refractivity contribution in [3.63, 3.8) is 0 Å². The smallest absolute Gasteiger partial charge is 0.127 e. The van der Waals surface area contributed by atoms with E-state index in [2.05, 4.69) is 22.9 Å². The lowest BCUT2D eigenvalue weighted by Gasteiger charge is -2.19. The van der Waals surface area contributed by atoms with Crippen molar-refractivity contribution >= 4 is 27.7 Å². The normalized spacial score (nSPS) is 25.9. The summed E-state index contributed by atoms with van der Waals surface area (Å²) in [5.74, 6) is 1.96. The first-order valence-corrected chi connectivity index (χ1v) is 6.86. The molecule has 1 heterocycles. The number of rotatable bonds is 0. The highest BCUT2D eigenvalue weighted by Crippen LogP contribution is 2.38. The lowest BCUT2D eigenvalue weighted by molar-refractivity contribution is 0.516. The molecule has 82 valence electrons. The molecule has 0 amide bonds. The van der Waals surface area contributed by atoms with Crippen LogP contribution in [0.1, 0.15) is 24.1 Å². The molecule has 0 aromatic heterocycles. The molecule has 2 atom stereocenters. The second-order valence-electron chi connectivity index (χ2n) is 3.94. The van der Waals surface area contributed by atoms with E-state index in [9.17, 15) is 4.39 Å². The Hall–Kier alpha value is -0.0600. The van der Waals surface area contributed by atoms with Crippen molar-refractivity contribution < 1.29 is 4.39 Å². The standard InChI is InChI=1S/C11H13BrFNS/c1-6-4-15-5-7-9(13)3-2-8(12)10(7)11(6)14/h2-3,6,11H,4-5,14H2,1H3. The van der Waals surface area contributed by atoms with Crippen LogP contribution < -0.4 is 5.73 Å². The minimum absolute atomic E-state index is 0.0694. The number of thioether (sulfide) groups is 1. The highest BCUT2D eigenvalue weighted by Gasteiger charge is 2.25. The SMILES string of the molecule is CC1CSCc2c(F)ccc(Br)c2C1N. The fraction of sp³-hybridized carbons (Fsp3) is 0.455. The van der Waals surface area contributed by atoms with E-state index in [4.69, 9.17) is 5.73 Å². The molecule has 0 radical (unpaired) electrons. The van der Waals surface area contributed by atoms with Gasteiger partial charge in [-0.2, -0.15) is 11.8 Å². The minimum atomic E-state index is -0.134. The van der Waals surface area contributed by atoms with Crippen LogP contribution in [0.2, 0.25) is 0 Å². The third kappa shape index (κ3) is 2.08. The van der Waals surface area contributed by atoms with Crippen molar-refractivity contribution in [2.75, 3.05) is 5.75 Å². The van der Waals surface area contributed by atoms with E-state index in [0.29, 0.717) is 5.92 Å². The Labute approximate surface area is 102 Å². The van der Waals surface area contributed by atoms with E-state index < -0.39 is 0 Å². The van der Waals surface area contributed by atoms with E-state index in [-0.39, 0.29) is 11.9 Å². The summed E-state index contributed by atoms with van der Waals surface area (Å²) in [5.41, 5.74) is 7.87.